The highest BCUT2D eigenvalue weighted by Crippen LogP contribution is 2.41. The Labute approximate surface area is 190 Å². The van der Waals surface area contributed by atoms with Crippen molar-refractivity contribution in [2.75, 3.05) is 0 Å². The fourth-order valence-electron chi connectivity index (χ4n) is 3.85. The predicted molar refractivity (Wildman–Crippen MR) is 124 cm³/mol. The molecule has 4 heterocycles. The van der Waals surface area contributed by atoms with Crippen LogP contribution in [0.1, 0.15) is 29.1 Å². The molecule has 0 radical (unpaired) electrons. The summed E-state index contributed by atoms with van der Waals surface area (Å²) in [6.07, 6.45) is 5.42. The Morgan fingerprint density at radius 1 is 1.00 bits per heavy atom. The van der Waals surface area contributed by atoms with Gasteiger partial charge in [0.2, 0.25) is 0 Å². The highest BCUT2D eigenvalue weighted by atomic mass is 35.5. The molecule has 0 unspecified atom stereocenters. The molecule has 154 valence electrons. The van der Waals surface area contributed by atoms with Gasteiger partial charge in [-0.3, -0.25) is 9.97 Å². The molecule has 1 aliphatic heterocycles. The first-order valence-electron chi connectivity index (χ1n) is 9.92. The number of rotatable bonds is 5. The van der Waals surface area contributed by atoms with E-state index in [0.717, 1.165) is 28.3 Å². The molecule has 1 saturated heterocycles. The van der Waals surface area contributed by atoms with Gasteiger partial charge in [-0.05, 0) is 72.4 Å². The van der Waals surface area contributed by atoms with E-state index in [9.17, 15) is 0 Å². The van der Waals surface area contributed by atoms with Gasteiger partial charge in [0.1, 0.15) is 17.6 Å². The molecule has 0 saturated carbocycles. The van der Waals surface area contributed by atoms with Gasteiger partial charge in [0.15, 0.2) is 5.11 Å². The fraction of sp³-hybridized carbons (Fsp3) is 0.125. The standard InChI is InChI=1S/C24H19ClN4OS/c25-18-8-6-17(7-9-18)20-10-11-21(30-20)23-22(19-5-1-2-13-27-19)28-24(31)29(23)15-16-4-3-12-26-14-16/h1-14,22-23H,15H2,(H,28,31)/t22-,23-/m0/s1. The average molecular weight is 447 g/mol. The van der Waals surface area contributed by atoms with Crippen LogP contribution in [-0.4, -0.2) is 20.0 Å². The third-order valence-corrected chi connectivity index (χ3v) is 5.92. The lowest BCUT2D eigenvalue weighted by molar-refractivity contribution is 0.269. The number of hydrogen-bond acceptors (Lipinski definition) is 4. The fourth-order valence-corrected chi connectivity index (χ4v) is 4.29. The van der Waals surface area contributed by atoms with Gasteiger partial charge in [-0.2, -0.15) is 0 Å². The number of benzene rings is 1. The Balaban J connectivity index is 1.53. The number of nitrogens with zero attached hydrogens (tertiary/aromatic N) is 3. The molecule has 31 heavy (non-hydrogen) atoms. The van der Waals surface area contributed by atoms with Crippen LogP contribution in [0.15, 0.2) is 89.7 Å². The zero-order chi connectivity index (χ0) is 21.2. The van der Waals surface area contributed by atoms with Crippen LogP contribution in [0.3, 0.4) is 0 Å². The molecule has 5 nitrogen and oxygen atoms in total. The molecule has 1 fully saturated rings. The third kappa shape index (κ3) is 4.04. The van der Waals surface area contributed by atoms with Crippen LogP contribution in [0.25, 0.3) is 11.3 Å². The molecule has 4 aromatic rings. The second-order valence-corrected chi connectivity index (χ2v) is 8.15. The lowest BCUT2D eigenvalue weighted by Crippen LogP contribution is -2.29. The van der Waals surface area contributed by atoms with Gasteiger partial charge < -0.3 is 14.6 Å². The van der Waals surface area contributed by atoms with E-state index in [1.807, 2.05) is 72.9 Å². The first kappa shape index (κ1) is 19.7. The maximum absolute atomic E-state index is 6.33. The van der Waals surface area contributed by atoms with Crippen molar-refractivity contribution < 1.29 is 4.42 Å². The normalized spacial score (nSPS) is 18.2. The van der Waals surface area contributed by atoms with Crippen molar-refractivity contribution in [3.05, 3.63) is 107 Å². The summed E-state index contributed by atoms with van der Waals surface area (Å²) in [7, 11) is 0. The molecule has 1 aliphatic rings. The maximum atomic E-state index is 6.33. The predicted octanol–water partition coefficient (Wildman–Crippen LogP) is 5.56. The van der Waals surface area contributed by atoms with Gasteiger partial charge in [0, 0.05) is 35.7 Å². The van der Waals surface area contributed by atoms with Crippen LogP contribution < -0.4 is 5.32 Å². The van der Waals surface area contributed by atoms with Gasteiger partial charge in [-0.25, -0.2) is 0 Å². The van der Waals surface area contributed by atoms with E-state index in [4.69, 9.17) is 28.2 Å². The van der Waals surface area contributed by atoms with Gasteiger partial charge in [0.25, 0.3) is 0 Å². The lowest BCUT2D eigenvalue weighted by atomic mass is 10.0. The zero-order valence-corrected chi connectivity index (χ0v) is 18.1. The minimum atomic E-state index is -0.149. The first-order valence-corrected chi connectivity index (χ1v) is 10.7. The molecule has 0 aliphatic carbocycles. The van der Waals surface area contributed by atoms with Crippen molar-refractivity contribution in [2.24, 2.45) is 0 Å². The molecular weight excluding hydrogens is 428 g/mol. The molecule has 5 rings (SSSR count). The van der Waals surface area contributed by atoms with Crippen LogP contribution in [-0.2, 0) is 6.54 Å². The number of pyridine rings is 2. The Morgan fingerprint density at radius 2 is 1.87 bits per heavy atom. The summed E-state index contributed by atoms with van der Waals surface area (Å²) < 4.78 is 6.33. The average Bonchev–Trinajstić information content (AvgIpc) is 3.41. The molecule has 0 bridgehead atoms. The lowest BCUT2D eigenvalue weighted by Gasteiger charge is -2.26. The van der Waals surface area contributed by atoms with E-state index < -0.39 is 0 Å². The summed E-state index contributed by atoms with van der Waals surface area (Å²) in [5.41, 5.74) is 2.95. The summed E-state index contributed by atoms with van der Waals surface area (Å²) in [5, 5.41) is 4.80. The highest BCUT2D eigenvalue weighted by Gasteiger charge is 2.41. The molecule has 2 atom stereocenters. The van der Waals surface area contributed by atoms with Crippen LogP contribution in [0, 0.1) is 0 Å². The molecule has 0 spiro atoms. The van der Waals surface area contributed by atoms with Crippen molar-refractivity contribution in [3.8, 4) is 11.3 Å². The minimum absolute atomic E-state index is 0.130. The van der Waals surface area contributed by atoms with Gasteiger partial charge >= 0.3 is 0 Å². The number of halogens is 1. The van der Waals surface area contributed by atoms with Crippen LogP contribution in [0.5, 0.6) is 0 Å². The molecule has 0 amide bonds. The van der Waals surface area contributed by atoms with Crippen molar-refractivity contribution in [3.63, 3.8) is 0 Å². The Morgan fingerprint density at radius 3 is 2.61 bits per heavy atom. The van der Waals surface area contributed by atoms with Crippen LogP contribution >= 0.6 is 23.8 Å². The van der Waals surface area contributed by atoms with Crippen molar-refractivity contribution in [1.29, 1.82) is 0 Å². The van der Waals surface area contributed by atoms with E-state index in [1.54, 1.807) is 12.4 Å². The second kappa shape index (κ2) is 8.49. The Bertz CT molecular complexity index is 1180. The molecule has 3 aromatic heterocycles. The summed E-state index contributed by atoms with van der Waals surface area (Å²) in [5.74, 6) is 1.60. The Hall–Kier alpha value is -3.22. The van der Waals surface area contributed by atoms with E-state index in [1.165, 1.54) is 0 Å². The minimum Gasteiger partial charge on any atom is -0.459 e. The van der Waals surface area contributed by atoms with Gasteiger partial charge in [-0.15, -0.1) is 0 Å². The summed E-state index contributed by atoms with van der Waals surface area (Å²) in [6.45, 7) is 0.616. The van der Waals surface area contributed by atoms with E-state index in [-0.39, 0.29) is 12.1 Å². The molecule has 1 N–H and O–H groups in total. The number of furan rings is 1. The number of thiocarbonyl (C=S) groups is 1. The molecule has 1 aromatic carbocycles. The van der Waals surface area contributed by atoms with Gasteiger partial charge in [0.05, 0.1) is 11.7 Å². The number of hydrogen-bond donors (Lipinski definition) is 1. The third-order valence-electron chi connectivity index (χ3n) is 5.32. The second-order valence-electron chi connectivity index (χ2n) is 7.32. The Kier molecular flexibility index (Phi) is 5.40. The van der Waals surface area contributed by atoms with Gasteiger partial charge in [-0.1, -0.05) is 23.7 Å². The number of aromatic nitrogens is 2. The van der Waals surface area contributed by atoms with E-state index in [0.29, 0.717) is 16.7 Å². The zero-order valence-electron chi connectivity index (χ0n) is 16.5. The first-order chi connectivity index (χ1) is 15.2. The van der Waals surface area contributed by atoms with Crippen molar-refractivity contribution in [2.45, 2.75) is 18.6 Å². The quantitative estimate of drug-likeness (QED) is 0.405. The monoisotopic (exact) mass is 446 g/mol. The molecular formula is C24H19ClN4OS. The van der Waals surface area contributed by atoms with E-state index in [2.05, 4.69) is 20.2 Å². The highest BCUT2D eigenvalue weighted by molar-refractivity contribution is 7.80. The topological polar surface area (TPSA) is 54.2 Å². The van der Waals surface area contributed by atoms with Crippen LogP contribution in [0.4, 0.5) is 0 Å². The number of nitrogens with one attached hydrogen (secondary N) is 1. The SMILES string of the molecule is S=C1N[C@@H](c2ccccn2)[C@H](c2ccc(-c3ccc(Cl)cc3)o2)N1Cc1cccnc1. The smallest absolute Gasteiger partial charge is 0.170 e. The summed E-state index contributed by atoms with van der Waals surface area (Å²) in [6, 6.07) is 21.2. The largest absolute Gasteiger partial charge is 0.459 e. The summed E-state index contributed by atoms with van der Waals surface area (Å²) >= 11 is 11.8. The van der Waals surface area contributed by atoms with E-state index >= 15 is 0 Å². The van der Waals surface area contributed by atoms with Crippen LogP contribution in [0.2, 0.25) is 5.02 Å². The van der Waals surface area contributed by atoms with Crippen molar-refractivity contribution >= 4 is 28.9 Å². The maximum Gasteiger partial charge on any atom is 0.170 e. The van der Waals surface area contributed by atoms with Crippen molar-refractivity contribution in [1.82, 2.24) is 20.2 Å². The summed E-state index contributed by atoms with van der Waals surface area (Å²) in [4.78, 5) is 10.9. The molecule has 7 heteroatoms.